The Hall–Kier alpha value is -0.0800. The minimum Gasteiger partial charge on any atom is -0.316 e. The van der Waals surface area contributed by atoms with Crippen molar-refractivity contribution in [3.63, 3.8) is 0 Å². The second-order valence-electron chi connectivity index (χ2n) is 7.98. The molecular weight excluding hydrogens is 256 g/mol. The van der Waals surface area contributed by atoms with E-state index in [1.807, 2.05) is 0 Å². The second kappa shape index (κ2) is 9.15. The zero-order chi connectivity index (χ0) is 15.9. The van der Waals surface area contributed by atoms with E-state index in [0.29, 0.717) is 5.41 Å². The molecule has 0 aliphatic heterocycles. The minimum absolute atomic E-state index is 0.445. The predicted octanol–water partition coefficient (Wildman–Crippen LogP) is 4.55. The van der Waals surface area contributed by atoms with Gasteiger partial charge in [0.05, 0.1) is 0 Å². The van der Waals surface area contributed by atoms with Crippen LogP contribution in [0.25, 0.3) is 0 Å². The summed E-state index contributed by atoms with van der Waals surface area (Å²) >= 11 is 0. The topological polar surface area (TPSA) is 15.3 Å². The zero-order valence-electron chi connectivity index (χ0n) is 15.5. The lowest BCUT2D eigenvalue weighted by atomic mass is 9.79. The van der Waals surface area contributed by atoms with Crippen molar-refractivity contribution in [2.45, 2.75) is 79.2 Å². The van der Waals surface area contributed by atoms with Crippen LogP contribution in [0.5, 0.6) is 0 Å². The van der Waals surface area contributed by atoms with Crippen molar-refractivity contribution >= 4 is 0 Å². The molecule has 0 radical (unpaired) electrons. The highest BCUT2D eigenvalue weighted by Crippen LogP contribution is 2.32. The van der Waals surface area contributed by atoms with Gasteiger partial charge in [0.1, 0.15) is 0 Å². The number of nitrogens with zero attached hydrogens (tertiary/aromatic N) is 1. The number of nitrogens with one attached hydrogen (secondary N) is 1. The van der Waals surface area contributed by atoms with Crippen LogP contribution < -0.4 is 5.32 Å². The normalized spacial score (nSPS) is 24.0. The first-order valence-corrected chi connectivity index (χ1v) is 9.35. The molecule has 1 aliphatic carbocycles. The number of hydrogen-bond acceptors (Lipinski definition) is 2. The Morgan fingerprint density at radius 2 is 1.76 bits per heavy atom. The van der Waals surface area contributed by atoms with E-state index >= 15 is 0 Å². The Kier molecular flexibility index (Phi) is 8.26. The van der Waals surface area contributed by atoms with Gasteiger partial charge in [0.2, 0.25) is 0 Å². The van der Waals surface area contributed by atoms with Crippen molar-refractivity contribution in [2.75, 3.05) is 26.7 Å². The highest BCUT2D eigenvalue weighted by atomic mass is 15.1. The molecule has 2 heteroatoms. The van der Waals surface area contributed by atoms with Crippen molar-refractivity contribution in [3.8, 4) is 0 Å². The summed E-state index contributed by atoms with van der Waals surface area (Å²) in [5.41, 5.74) is 0.445. The van der Waals surface area contributed by atoms with Crippen LogP contribution in [-0.4, -0.2) is 37.6 Å². The van der Waals surface area contributed by atoms with Crippen LogP contribution in [0.15, 0.2) is 0 Å². The van der Waals surface area contributed by atoms with Gasteiger partial charge in [-0.15, -0.1) is 0 Å². The van der Waals surface area contributed by atoms with Crippen LogP contribution in [0.4, 0.5) is 0 Å². The molecule has 1 saturated carbocycles. The van der Waals surface area contributed by atoms with Crippen molar-refractivity contribution < 1.29 is 0 Å². The molecule has 1 rings (SSSR count). The molecule has 0 aromatic carbocycles. The van der Waals surface area contributed by atoms with Crippen molar-refractivity contribution in [1.82, 2.24) is 10.2 Å². The maximum Gasteiger partial charge on any atom is 0.0118 e. The summed E-state index contributed by atoms with van der Waals surface area (Å²) in [6, 6.07) is 0.807. The average molecular weight is 297 g/mol. The van der Waals surface area contributed by atoms with E-state index in [2.05, 4.69) is 51.9 Å². The van der Waals surface area contributed by atoms with Gasteiger partial charge in [-0.3, -0.25) is 0 Å². The molecule has 126 valence electrons. The van der Waals surface area contributed by atoms with Gasteiger partial charge in [0.25, 0.3) is 0 Å². The van der Waals surface area contributed by atoms with Crippen LogP contribution in [0.2, 0.25) is 0 Å². The average Bonchev–Trinajstić information content (AvgIpc) is 2.46. The first kappa shape index (κ1) is 19.0. The molecule has 1 N–H and O–H groups in total. The Labute approximate surface area is 134 Å². The molecule has 0 bridgehead atoms. The molecule has 2 atom stereocenters. The van der Waals surface area contributed by atoms with Gasteiger partial charge in [-0.2, -0.15) is 0 Å². The van der Waals surface area contributed by atoms with Gasteiger partial charge in [-0.1, -0.05) is 47.5 Å². The monoisotopic (exact) mass is 296 g/mol. The zero-order valence-corrected chi connectivity index (χ0v) is 15.5. The molecule has 2 unspecified atom stereocenters. The first-order valence-electron chi connectivity index (χ1n) is 9.35. The van der Waals surface area contributed by atoms with E-state index < -0.39 is 0 Å². The molecule has 2 nitrogen and oxygen atoms in total. The van der Waals surface area contributed by atoms with Gasteiger partial charge in [-0.05, 0) is 56.5 Å². The largest absolute Gasteiger partial charge is 0.316 e. The molecule has 0 saturated heterocycles. The molecule has 21 heavy (non-hydrogen) atoms. The van der Waals surface area contributed by atoms with E-state index in [9.17, 15) is 0 Å². The molecule has 1 fully saturated rings. The fourth-order valence-corrected chi connectivity index (χ4v) is 4.00. The van der Waals surface area contributed by atoms with Crippen LogP contribution >= 0.6 is 0 Å². The van der Waals surface area contributed by atoms with Gasteiger partial charge < -0.3 is 10.2 Å². The lowest BCUT2D eigenvalue weighted by molar-refractivity contribution is 0.0765. The predicted molar refractivity (Wildman–Crippen MR) is 94.8 cm³/mol. The third-order valence-electron chi connectivity index (χ3n) is 5.77. The summed E-state index contributed by atoms with van der Waals surface area (Å²) < 4.78 is 0. The second-order valence-corrected chi connectivity index (χ2v) is 7.98. The van der Waals surface area contributed by atoms with E-state index in [1.165, 1.54) is 51.6 Å². The molecule has 0 aromatic rings. The Bertz CT molecular complexity index is 271. The third kappa shape index (κ3) is 5.90. The van der Waals surface area contributed by atoms with E-state index in [4.69, 9.17) is 0 Å². The molecule has 1 aliphatic rings. The van der Waals surface area contributed by atoms with Crippen LogP contribution in [0.1, 0.15) is 73.1 Å². The van der Waals surface area contributed by atoms with Crippen molar-refractivity contribution in [3.05, 3.63) is 0 Å². The lowest BCUT2D eigenvalue weighted by Crippen LogP contribution is -2.48. The highest BCUT2D eigenvalue weighted by molar-refractivity contribution is 4.87. The van der Waals surface area contributed by atoms with Crippen molar-refractivity contribution in [2.24, 2.45) is 17.3 Å². The van der Waals surface area contributed by atoms with Crippen LogP contribution in [0.3, 0.4) is 0 Å². The Morgan fingerprint density at radius 1 is 1.14 bits per heavy atom. The molecule has 0 spiro atoms. The molecule has 0 heterocycles. The fraction of sp³-hybridized carbons (Fsp3) is 1.00. The van der Waals surface area contributed by atoms with E-state index in [1.54, 1.807) is 0 Å². The summed E-state index contributed by atoms with van der Waals surface area (Å²) in [4.78, 5) is 2.69. The maximum atomic E-state index is 3.72. The third-order valence-corrected chi connectivity index (χ3v) is 5.77. The number of hydrogen-bond donors (Lipinski definition) is 1. The van der Waals surface area contributed by atoms with Gasteiger partial charge >= 0.3 is 0 Å². The van der Waals surface area contributed by atoms with Crippen molar-refractivity contribution in [1.29, 1.82) is 0 Å². The van der Waals surface area contributed by atoms with Gasteiger partial charge in [0.15, 0.2) is 0 Å². The van der Waals surface area contributed by atoms with Gasteiger partial charge in [0, 0.05) is 19.1 Å². The first-order chi connectivity index (χ1) is 9.94. The van der Waals surface area contributed by atoms with E-state index in [-0.39, 0.29) is 0 Å². The summed E-state index contributed by atoms with van der Waals surface area (Å²) in [7, 11) is 2.37. The van der Waals surface area contributed by atoms with Crippen LogP contribution in [-0.2, 0) is 0 Å². The maximum absolute atomic E-state index is 3.72. The fourth-order valence-electron chi connectivity index (χ4n) is 4.00. The Morgan fingerprint density at radius 3 is 2.29 bits per heavy atom. The summed E-state index contributed by atoms with van der Waals surface area (Å²) in [5, 5.41) is 3.72. The minimum atomic E-state index is 0.445. The quantitative estimate of drug-likeness (QED) is 0.671. The Balaban J connectivity index is 2.58. The SMILES string of the molecule is CCC(CC)(CNCC(C)C)CN(C)C1CCCCC1C. The smallest absolute Gasteiger partial charge is 0.0118 e. The number of rotatable bonds is 9. The van der Waals surface area contributed by atoms with Gasteiger partial charge in [-0.25, -0.2) is 0 Å². The summed E-state index contributed by atoms with van der Waals surface area (Å²) in [6.45, 7) is 15.4. The summed E-state index contributed by atoms with van der Waals surface area (Å²) in [5.74, 6) is 1.62. The molecule has 0 amide bonds. The molecule has 0 aromatic heterocycles. The van der Waals surface area contributed by atoms with E-state index in [0.717, 1.165) is 24.4 Å². The lowest BCUT2D eigenvalue weighted by Gasteiger charge is -2.42. The van der Waals surface area contributed by atoms with Crippen LogP contribution in [0, 0.1) is 17.3 Å². The standard InChI is InChI=1S/C19H40N2/c1-7-19(8-2,14-20-13-16(3)4)15-21(6)18-12-10-9-11-17(18)5/h16-18,20H,7-15H2,1-6H3. The highest BCUT2D eigenvalue weighted by Gasteiger charge is 2.32. The summed E-state index contributed by atoms with van der Waals surface area (Å²) in [6.07, 6.45) is 8.25. The molecular formula is C19H40N2.